The van der Waals surface area contributed by atoms with Gasteiger partial charge in [-0.2, -0.15) is 0 Å². The molecule has 2 heterocycles. The van der Waals surface area contributed by atoms with E-state index in [1.165, 1.54) is 5.01 Å². The Hall–Kier alpha value is -3.00. The Morgan fingerprint density at radius 2 is 1.74 bits per heavy atom. The predicted molar refractivity (Wildman–Crippen MR) is 133 cm³/mol. The van der Waals surface area contributed by atoms with E-state index < -0.39 is 23.9 Å². The average molecular weight is 539 g/mol. The first-order chi connectivity index (χ1) is 16.4. The van der Waals surface area contributed by atoms with Gasteiger partial charge in [-0.1, -0.05) is 76.9 Å². The minimum Gasteiger partial charge on any atom is -0.274 e. The Morgan fingerprint density at radius 1 is 1.00 bits per heavy atom. The molecule has 1 N–H and O–H groups in total. The highest BCUT2D eigenvalue weighted by molar-refractivity contribution is 9.10. The van der Waals surface area contributed by atoms with Crippen LogP contribution in [0.25, 0.3) is 0 Å². The number of carbonyl (C=O) groups is 3. The van der Waals surface area contributed by atoms with Crippen molar-refractivity contribution in [3.8, 4) is 0 Å². The standard InChI is InChI=1S/C26H21BrClN3O3/c1-2-15-10-12-16(13-11-15)22-21-23(31(29-22)24(32)17-6-5-7-18(27)14-17)26(34)30(25(21)33)20-9-4-3-8-19(20)28/h3-14,21-23,29H,2H2,1H3/t21-,22+,23+/m1/s1. The largest absolute Gasteiger partial charge is 0.274 e. The molecule has 172 valence electrons. The fraction of sp³-hybridized carbons (Fsp3) is 0.192. The lowest BCUT2D eigenvalue weighted by Gasteiger charge is -2.25. The molecule has 3 atom stereocenters. The van der Waals surface area contributed by atoms with Gasteiger partial charge >= 0.3 is 0 Å². The molecule has 3 amide bonds. The summed E-state index contributed by atoms with van der Waals surface area (Å²) in [7, 11) is 0. The van der Waals surface area contributed by atoms with Crippen LogP contribution in [0.5, 0.6) is 0 Å². The molecule has 0 radical (unpaired) electrons. The van der Waals surface area contributed by atoms with E-state index in [1.807, 2.05) is 30.3 Å². The van der Waals surface area contributed by atoms with Crippen LogP contribution in [-0.4, -0.2) is 28.8 Å². The number of carbonyl (C=O) groups excluding carboxylic acids is 3. The van der Waals surface area contributed by atoms with Gasteiger partial charge in [0.2, 0.25) is 5.91 Å². The fourth-order valence-corrected chi connectivity index (χ4v) is 5.26. The van der Waals surface area contributed by atoms with Crippen LogP contribution in [0.1, 0.15) is 34.5 Å². The average Bonchev–Trinajstić information content (AvgIpc) is 3.36. The molecule has 0 aliphatic carbocycles. The number of imide groups is 1. The van der Waals surface area contributed by atoms with Crippen LogP contribution in [0.3, 0.4) is 0 Å². The van der Waals surface area contributed by atoms with Gasteiger partial charge < -0.3 is 0 Å². The highest BCUT2D eigenvalue weighted by Crippen LogP contribution is 2.43. The van der Waals surface area contributed by atoms with Crippen LogP contribution in [0.4, 0.5) is 5.69 Å². The Labute approximate surface area is 210 Å². The van der Waals surface area contributed by atoms with Crippen LogP contribution in [0, 0.1) is 5.92 Å². The quantitative estimate of drug-likeness (QED) is 0.479. The number of hydrogen-bond donors (Lipinski definition) is 1. The molecule has 0 aromatic heterocycles. The topological polar surface area (TPSA) is 69.7 Å². The van der Waals surface area contributed by atoms with Gasteiger partial charge in [0.1, 0.15) is 6.04 Å². The zero-order valence-electron chi connectivity index (χ0n) is 18.2. The molecule has 0 bridgehead atoms. The number of hydrazine groups is 1. The van der Waals surface area contributed by atoms with Crippen LogP contribution in [0.15, 0.2) is 77.3 Å². The lowest BCUT2D eigenvalue weighted by atomic mass is 9.90. The second kappa shape index (κ2) is 8.98. The zero-order chi connectivity index (χ0) is 24.0. The zero-order valence-corrected chi connectivity index (χ0v) is 20.6. The summed E-state index contributed by atoms with van der Waals surface area (Å²) in [5.74, 6) is -2.03. The predicted octanol–water partition coefficient (Wildman–Crippen LogP) is 4.92. The van der Waals surface area contributed by atoms with Crippen LogP contribution >= 0.6 is 27.5 Å². The van der Waals surface area contributed by atoms with E-state index in [9.17, 15) is 14.4 Å². The Bertz CT molecular complexity index is 1300. The molecule has 3 aromatic carbocycles. The summed E-state index contributed by atoms with van der Waals surface area (Å²) in [4.78, 5) is 42.0. The maximum atomic E-state index is 13.7. The number of rotatable bonds is 4. The molecular formula is C26H21BrClN3O3. The third-order valence-corrected chi connectivity index (χ3v) is 7.18. The molecule has 2 aliphatic heterocycles. The van der Waals surface area contributed by atoms with Gasteiger partial charge in [-0.05, 0) is 47.9 Å². The van der Waals surface area contributed by atoms with E-state index >= 15 is 0 Å². The summed E-state index contributed by atoms with van der Waals surface area (Å²) >= 11 is 9.74. The molecule has 2 fully saturated rings. The number of hydrogen-bond acceptors (Lipinski definition) is 4. The molecule has 34 heavy (non-hydrogen) atoms. The Kier molecular flexibility index (Phi) is 6.02. The lowest BCUT2D eigenvalue weighted by molar-refractivity contribution is -0.123. The van der Waals surface area contributed by atoms with E-state index in [-0.39, 0.29) is 11.8 Å². The first kappa shape index (κ1) is 22.8. The first-order valence-electron chi connectivity index (χ1n) is 11.0. The molecule has 8 heteroatoms. The molecule has 6 nitrogen and oxygen atoms in total. The minimum atomic E-state index is -0.994. The van der Waals surface area contributed by atoms with Crippen LogP contribution in [0.2, 0.25) is 5.02 Å². The van der Waals surface area contributed by atoms with E-state index in [0.717, 1.165) is 26.9 Å². The summed E-state index contributed by atoms with van der Waals surface area (Å²) in [6.07, 6.45) is 0.885. The molecule has 5 rings (SSSR count). The maximum absolute atomic E-state index is 13.7. The summed E-state index contributed by atoms with van der Waals surface area (Å²) in [5.41, 5.74) is 5.90. The smallest absolute Gasteiger partial charge is 0.268 e. The van der Waals surface area contributed by atoms with Crippen molar-refractivity contribution in [2.24, 2.45) is 5.92 Å². The second-order valence-corrected chi connectivity index (χ2v) is 9.64. The van der Waals surface area contributed by atoms with Crippen molar-refractivity contribution >= 4 is 50.9 Å². The second-order valence-electron chi connectivity index (χ2n) is 8.32. The van der Waals surface area contributed by atoms with Crippen molar-refractivity contribution in [2.75, 3.05) is 4.90 Å². The number of fused-ring (bicyclic) bond motifs is 1. The number of nitrogens with zero attached hydrogens (tertiary/aromatic N) is 2. The summed E-state index contributed by atoms with van der Waals surface area (Å²) in [6, 6.07) is 20.0. The SMILES string of the molecule is CCc1ccc([C@@H]2NN(C(=O)c3cccc(Br)c3)[C@@H]3C(=O)N(c4ccccc4Cl)C(=O)[C@@H]32)cc1. The number of anilines is 1. The van der Waals surface area contributed by atoms with Gasteiger partial charge in [0, 0.05) is 10.0 Å². The molecular weight excluding hydrogens is 518 g/mol. The van der Waals surface area contributed by atoms with Gasteiger partial charge in [0.25, 0.3) is 11.8 Å². The highest BCUT2D eigenvalue weighted by atomic mass is 79.9. The number of para-hydroxylation sites is 1. The Balaban J connectivity index is 1.59. The van der Waals surface area contributed by atoms with Crippen molar-refractivity contribution in [1.29, 1.82) is 0 Å². The van der Waals surface area contributed by atoms with E-state index in [1.54, 1.807) is 42.5 Å². The van der Waals surface area contributed by atoms with Gasteiger partial charge in [-0.15, -0.1) is 0 Å². The number of amides is 3. The number of benzene rings is 3. The third-order valence-electron chi connectivity index (χ3n) is 6.37. The summed E-state index contributed by atoms with van der Waals surface area (Å²) in [5, 5.41) is 1.60. The lowest BCUT2D eigenvalue weighted by Crippen LogP contribution is -2.48. The normalized spacial score (nSPS) is 21.8. The molecule has 2 aliphatic rings. The maximum Gasteiger partial charge on any atom is 0.268 e. The molecule has 0 saturated carbocycles. The van der Waals surface area contributed by atoms with Gasteiger partial charge in [0.15, 0.2) is 0 Å². The monoisotopic (exact) mass is 537 g/mol. The summed E-state index contributed by atoms with van der Waals surface area (Å²) < 4.78 is 0.743. The van der Waals surface area contributed by atoms with Gasteiger partial charge in [-0.3, -0.25) is 19.4 Å². The fourth-order valence-electron chi connectivity index (χ4n) is 4.64. The van der Waals surface area contributed by atoms with Crippen LogP contribution in [-0.2, 0) is 16.0 Å². The first-order valence-corrected chi connectivity index (χ1v) is 12.1. The third kappa shape index (κ3) is 3.74. The van der Waals surface area contributed by atoms with Gasteiger partial charge in [0.05, 0.1) is 22.7 Å². The van der Waals surface area contributed by atoms with E-state index in [0.29, 0.717) is 16.3 Å². The van der Waals surface area contributed by atoms with Crippen molar-refractivity contribution in [3.63, 3.8) is 0 Å². The summed E-state index contributed by atoms with van der Waals surface area (Å²) in [6.45, 7) is 2.07. The molecule has 0 spiro atoms. The highest BCUT2D eigenvalue weighted by Gasteiger charge is 2.60. The van der Waals surface area contributed by atoms with Crippen molar-refractivity contribution in [3.05, 3.63) is 99.0 Å². The Morgan fingerprint density at radius 3 is 2.41 bits per heavy atom. The number of aryl methyl sites for hydroxylation is 1. The number of halogens is 2. The minimum absolute atomic E-state index is 0.297. The van der Waals surface area contributed by atoms with Crippen molar-refractivity contribution in [1.82, 2.24) is 10.4 Å². The molecule has 0 unspecified atom stereocenters. The van der Waals surface area contributed by atoms with E-state index in [2.05, 4.69) is 28.3 Å². The van der Waals surface area contributed by atoms with Gasteiger partial charge in [-0.25, -0.2) is 10.3 Å². The molecule has 3 aromatic rings. The van der Waals surface area contributed by atoms with Crippen molar-refractivity contribution in [2.45, 2.75) is 25.4 Å². The van der Waals surface area contributed by atoms with Crippen LogP contribution < -0.4 is 10.3 Å². The molecule has 2 saturated heterocycles. The number of nitrogens with one attached hydrogen (secondary N) is 1. The van der Waals surface area contributed by atoms with E-state index in [4.69, 9.17) is 11.6 Å². The van der Waals surface area contributed by atoms with Crippen molar-refractivity contribution < 1.29 is 14.4 Å².